The van der Waals surface area contributed by atoms with Crippen molar-refractivity contribution in [3.63, 3.8) is 0 Å². The summed E-state index contributed by atoms with van der Waals surface area (Å²) in [5, 5.41) is 0. The van der Waals surface area contributed by atoms with Gasteiger partial charge in [0.1, 0.15) is 5.82 Å². The van der Waals surface area contributed by atoms with Gasteiger partial charge in [-0.15, -0.1) is 0 Å². The second-order valence-electron chi connectivity index (χ2n) is 2.06. The Hall–Kier alpha value is -1.41. The number of nitrogens with two attached hydrogens (primary N) is 2. The van der Waals surface area contributed by atoms with Gasteiger partial charge in [-0.3, -0.25) is 4.79 Å². The summed E-state index contributed by atoms with van der Waals surface area (Å²) in [4.78, 5) is 37.9. The predicted octanol–water partition coefficient (Wildman–Crippen LogP) is -1.84. The number of H-pyrrole nitrogens is 1. The standard InChI is InChI=1S/C4H6N4O.H3O4P/c5-2-1-7-4(8-2)3(6)9;1-5(2,3)4/h1H,5H2,(H2,6,9)(H,7,8);(H3,1,2,3,4). The Labute approximate surface area is 78.0 Å². The lowest BCUT2D eigenvalue weighted by Crippen LogP contribution is -2.12. The second kappa shape index (κ2) is 4.72. The van der Waals surface area contributed by atoms with E-state index in [1.165, 1.54) is 6.20 Å². The first-order chi connectivity index (χ1) is 6.20. The third-order valence-corrected chi connectivity index (χ3v) is 0.829. The van der Waals surface area contributed by atoms with Crippen molar-refractivity contribution in [2.24, 2.45) is 5.73 Å². The van der Waals surface area contributed by atoms with E-state index in [0.29, 0.717) is 5.82 Å². The van der Waals surface area contributed by atoms with E-state index in [9.17, 15) is 4.79 Å². The van der Waals surface area contributed by atoms with Crippen LogP contribution in [0.25, 0.3) is 0 Å². The van der Waals surface area contributed by atoms with Crippen molar-refractivity contribution >= 4 is 19.5 Å². The van der Waals surface area contributed by atoms with Crippen LogP contribution in [0.15, 0.2) is 6.20 Å². The Morgan fingerprint density at radius 1 is 1.50 bits per heavy atom. The molecule has 1 heterocycles. The van der Waals surface area contributed by atoms with Crippen molar-refractivity contribution in [2.45, 2.75) is 0 Å². The predicted molar refractivity (Wildman–Crippen MR) is 45.8 cm³/mol. The first-order valence-electron chi connectivity index (χ1n) is 3.08. The number of hydrogen-bond donors (Lipinski definition) is 6. The molecule has 0 bridgehead atoms. The smallest absolute Gasteiger partial charge is 0.384 e. The van der Waals surface area contributed by atoms with Gasteiger partial charge in [-0.2, -0.15) is 0 Å². The van der Waals surface area contributed by atoms with Crippen molar-refractivity contribution in [3.05, 3.63) is 12.0 Å². The van der Waals surface area contributed by atoms with Crippen LogP contribution in [0.4, 0.5) is 5.82 Å². The maximum absolute atomic E-state index is 10.3. The van der Waals surface area contributed by atoms with Gasteiger partial charge in [0.2, 0.25) is 0 Å². The van der Waals surface area contributed by atoms with E-state index in [1.807, 2.05) is 0 Å². The van der Waals surface area contributed by atoms with E-state index in [4.69, 9.17) is 30.7 Å². The molecule has 10 heteroatoms. The second-order valence-corrected chi connectivity index (χ2v) is 3.09. The summed E-state index contributed by atoms with van der Waals surface area (Å²) in [6, 6.07) is 0. The highest BCUT2D eigenvalue weighted by Gasteiger charge is 2.01. The van der Waals surface area contributed by atoms with Crippen LogP contribution in [0.3, 0.4) is 0 Å². The molecule has 0 atom stereocenters. The highest BCUT2D eigenvalue weighted by molar-refractivity contribution is 7.45. The van der Waals surface area contributed by atoms with Gasteiger partial charge >= 0.3 is 7.82 Å². The summed E-state index contributed by atoms with van der Waals surface area (Å²) < 4.78 is 8.88. The monoisotopic (exact) mass is 224 g/mol. The van der Waals surface area contributed by atoms with Crippen molar-refractivity contribution in [2.75, 3.05) is 5.73 Å². The SMILES string of the molecule is NC(=O)c1ncc(N)[nH]1.O=P(O)(O)O. The number of nitrogens with zero attached hydrogens (tertiary/aromatic N) is 1. The Morgan fingerprint density at radius 2 is 1.93 bits per heavy atom. The molecule has 1 aromatic heterocycles. The molecule has 0 radical (unpaired) electrons. The van der Waals surface area contributed by atoms with Gasteiger partial charge in [0.05, 0.1) is 6.20 Å². The number of imidazole rings is 1. The number of phosphoric acid groups is 1. The van der Waals surface area contributed by atoms with Crippen molar-refractivity contribution < 1.29 is 24.0 Å². The Balaban J connectivity index is 0.000000292. The minimum absolute atomic E-state index is 0.0903. The zero-order valence-corrected chi connectivity index (χ0v) is 7.68. The van der Waals surface area contributed by atoms with Gasteiger partial charge in [0.25, 0.3) is 5.91 Å². The van der Waals surface area contributed by atoms with Crippen LogP contribution >= 0.6 is 7.82 Å². The molecule has 0 aromatic carbocycles. The van der Waals surface area contributed by atoms with Gasteiger partial charge in [0, 0.05) is 0 Å². The lowest BCUT2D eigenvalue weighted by atomic mass is 10.6. The quantitative estimate of drug-likeness (QED) is 0.303. The first-order valence-corrected chi connectivity index (χ1v) is 4.65. The molecule has 1 aromatic rings. The number of primary amides is 1. The summed E-state index contributed by atoms with van der Waals surface area (Å²) in [6.45, 7) is 0. The fourth-order valence-corrected chi connectivity index (χ4v) is 0.461. The van der Waals surface area contributed by atoms with Gasteiger partial charge in [0.15, 0.2) is 5.82 Å². The molecule has 1 rings (SSSR count). The van der Waals surface area contributed by atoms with Gasteiger partial charge in [-0.05, 0) is 0 Å². The van der Waals surface area contributed by atoms with Gasteiger partial charge in [-0.1, -0.05) is 0 Å². The molecule has 8 N–H and O–H groups in total. The molecule has 14 heavy (non-hydrogen) atoms. The van der Waals surface area contributed by atoms with E-state index in [1.54, 1.807) is 0 Å². The number of anilines is 1. The van der Waals surface area contributed by atoms with Gasteiger partial charge < -0.3 is 31.1 Å². The molecular weight excluding hydrogens is 215 g/mol. The largest absolute Gasteiger partial charge is 0.466 e. The van der Waals surface area contributed by atoms with E-state index < -0.39 is 13.7 Å². The van der Waals surface area contributed by atoms with Gasteiger partial charge in [-0.25, -0.2) is 9.55 Å². The van der Waals surface area contributed by atoms with Crippen LogP contribution < -0.4 is 11.5 Å². The zero-order valence-electron chi connectivity index (χ0n) is 6.78. The summed E-state index contributed by atoms with van der Waals surface area (Å²) in [5.74, 6) is -0.178. The van der Waals surface area contributed by atoms with Crippen molar-refractivity contribution in [1.29, 1.82) is 0 Å². The average molecular weight is 224 g/mol. The molecule has 0 spiro atoms. The molecule has 0 aliphatic carbocycles. The van der Waals surface area contributed by atoms with E-state index in [0.717, 1.165) is 0 Å². The number of carbonyl (C=O) groups is 1. The minimum Gasteiger partial charge on any atom is -0.384 e. The number of hydrogen-bond acceptors (Lipinski definition) is 4. The van der Waals surface area contributed by atoms with E-state index >= 15 is 0 Å². The highest BCUT2D eigenvalue weighted by atomic mass is 31.2. The third-order valence-electron chi connectivity index (χ3n) is 0.829. The number of amides is 1. The molecule has 0 saturated heterocycles. The molecule has 0 fully saturated rings. The van der Waals surface area contributed by atoms with E-state index in [2.05, 4.69) is 9.97 Å². The fraction of sp³-hybridized carbons (Fsp3) is 0. The Kier molecular flexibility index (Phi) is 4.25. The number of rotatable bonds is 1. The molecular formula is C4H9N4O5P. The lowest BCUT2D eigenvalue weighted by Gasteiger charge is -1.82. The maximum atomic E-state index is 10.3. The molecule has 80 valence electrons. The van der Waals surface area contributed by atoms with Crippen LogP contribution in [0.1, 0.15) is 10.6 Å². The molecule has 9 nitrogen and oxygen atoms in total. The first kappa shape index (κ1) is 12.6. The van der Waals surface area contributed by atoms with Crippen LogP contribution in [-0.2, 0) is 4.57 Å². The Morgan fingerprint density at radius 3 is 2.07 bits per heavy atom. The van der Waals surface area contributed by atoms with Crippen LogP contribution in [0.2, 0.25) is 0 Å². The number of aromatic amines is 1. The summed E-state index contributed by atoms with van der Waals surface area (Å²) in [7, 11) is -4.64. The number of carbonyl (C=O) groups excluding carboxylic acids is 1. The van der Waals surface area contributed by atoms with E-state index in [-0.39, 0.29) is 5.82 Å². The topological polar surface area (TPSA) is 176 Å². The highest BCUT2D eigenvalue weighted by Crippen LogP contribution is 2.25. The van der Waals surface area contributed by atoms with Crippen LogP contribution in [0.5, 0.6) is 0 Å². The van der Waals surface area contributed by atoms with Crippen molar-refractivity contribution in [3.8, 4) is 0 Å². The maximum Gasteiger partial charge on any atom is 0.466 e. The third kappa shape index (κ3) is 7.25. The number of aromatic nitrogens is 2. The number of nitrogen functional groups attached to an aromatic ring is 1. The molecule has 0 unspecified atom stereocenters. The Bertz CT molecular complexity index is 348. The molecule has 1 amide bonds. The minimum atomic E-state index is -4.64. The average Bonchev–Trinajstić information content (AvgIpc) is 2.31. The molecule has 0 saturated carbocycles. The molecule has 0 aliphatic rings. The summed E-state index contributed by atoms with van der Waals surface area (Å²) >= 11 is 0. The van der Waals surface area contributed by atoms with Crippen molar-refractivity contribution in [1.82, 2.24) is 9.97 Å². The molecule has 0 aliphatic heterocycles. The number of nitrogens with one attached hydrogen (secondary N) is 1. The normalized spacial score (nSPS) is 10.2. The zero-order chi connectivity index (χ0) is 11.4. The van der Waals surface area contributed by atoms with Crippen LogP contribution in [-0.4, -0.2) is 30.6 Å². The summed E-state index contributed by atoms with van der Waals surface area (Å²) in [5.41, 5.74) is 10.0. The lowest BCUT2D eigenvalue weighted by molar-refractivity contribution is 0.0991. The van der Waals surface area contributed by atoms with Crippen LogP contribution in [0, 0.1) is 0 Å². The fourth-order valence-electron chi connectivity index (χ4n) is 0.461. The summed E-state index contributed by atoms with van der Waals surface area (Å²) in [6.07, 6.45) is 1.33.